The number of carbonyl (C=O) groups excluding carboxylic acids is 3. The van der Waals surface area contributed by atoms with E-state index in [1.165, 1.54) is 96.3 Å². The summed E-state index contributed by atoms with van der Waals surface area (Å²) < 4.78 is 16.9. The number of ether oxygens (including phenoxy) is 3. The van der Waals surface area contributed by atoms with Crippen LogP contribution in [-0.2, 0) is 28.6 Å². The molecule has 1 atom stereocenters. The van der Waals surface area contributed by atoms with Gasteiger partial charge in [-0.25, -0.2) is 0 Å². The first kappa shape index (κ1) is 77.3. The molecular formula is C76H124O6. The monoisotopic (exact) mass is 1130 g/mol. The summed E-state index contributed by atoms with van der Waals surface area (Å²) in [6.07, 6.45) is 98.6. The van der Waals surface area contributed by atoms with E-state index in [0.29, 0.717) is 19.3 Å². The Hall–Kier alpha value is -4.71. The first-order chi connectivity index (χ1) is 40.5. The lowest BCUT2D eigenvalue weighted by atomic mass is 10.0. The molecule has 1 unspecified atom stereocenters. The van der Waals surface area contributed by atoms with E-state index in [-0.39, 0.29) is 31.1 Å². The number of carbonyl (C=O) groups is 3. The molecule has 0 spiro atoms. The number of hydrogen-bond donors (Lipinski definition) is 0. The van der Waals surface area contributed by atoms with Gasteiger partial charge < -0.3 is 14.2 Å². The van der Waals surface area contributed by atoms with Crippen LogP contribution in [0.2, 0.25) is 0 Å². The number of rotatable bonds is 60. The Morgan fingerprint density at radius 3 is 0.756 bits per heavy atom. The van der Waals surface area contributed by atoms with E-state index >= 15 is 0 Å². The van der Waals surface area contributed by atoms with Crippen molar-refractivity contribution in [1.82, 2.24) is 0 Å². The molecule has 0 amide bonds. The van der Waals surface area contributed by atoms with Crippen LogP contribution >= 0.6 is 0 Å². The zero-order valence-corrected chi connectivity index (χ0v) is 53.2. The first-order valence-corrected chi connectivity index (χ1v) is 33.8. The Morgan fingerprint density at radius 1 is 0.256 bits per heavy atom. The van der Waals surface area contributed by atoms with Crippen molar-refractivity contribution in [3.05, 3.63) is 146 Å². The number of allylic oxidation sites excluding steroid dienone is 24. The van der Waals surface area contributed by atoms with Gasteiger partial charge in [-0.1, -0.05) is 301 Å². The normalized spacial score (nSPS) is 13.1. The van der Waals surface area contributed by atoms with E-state index < -0.39 is 6.10 Å². The van der Waals surface area contributed by atoms with Gasteiger partial charge in [0.15, 0.2) is 6.10 Å². The van der Waals surface area contributed by atoms with Gasteiger partial charge in [0.1, 0.15) is 13.2 Å². The topological polar surface area (TPSA) is 78.9 Å². The Labute approximate surface area is 506 Å². The summed E-state index contributed by atoms with van der Waals surface area (Å²) in [5.74, 6) is -0.943. The van der Waals surface area contributed by atoms with Crippen LogP contribution in [0, 0.1) is 0 Å². The predicted molar refractivity (Wildman–Crippen MR) is 357 cm³/mol. The van der Waals surface area contributed by atoms with Crippen LogP contribution in [0.15, 0.2) is 146 Å². The number of hydrogen-bond acceptors (Lipinski definition) is 6. The average molecular weight is 1130 g/mol. The van der Waals surface area contributed by atoms with E-state index in [9.17, 15) is 14.4 Å². The lowest BCUT2D eigenvalue weighted by molar-refractivity contribution is -0.167. The van der Waals surface area contributed by atoms with Crippen LogP contribution in [0.25, 0.3) is 0 Å². The maximum atomic E-state index is 12.9. The average Bonchev–Trinajstić information content (AvgIpc) is 3.47. The zero-order valence-electron chi connectivity index (χ0n) is 53.2. The van der Waals surface area contributed by atoms with Crippen molar-refractivity contribution in [3.63, 3.8) is 0 Å². The lowest BCUT2D eigenvalue weighted by Gasteiger charge is -2.18. The molecule has 0 rings (SSSR count). The van der Waals surface area contributed by atoms with Gasteiger partial charge in [0.2, 0.25) is 0 Å². The van der Waals surface area contributed by atoms with Crippen molar-refractivity contribution in [2.75, 3.05) is 13.2 Å². The van der Waals surface area contributed by atoms with Crippen molar-refractivity contribution in [2.24, 2.45) is 0 Å². The second-order valence-corrected chi connectivity index (χ2v) is 22.0. The van der Waals surface area contributed by atoms with Crippen LogP contribution < -0.4 is 0 Å². The molecule has 0 bridgehead atoms. The molecule has 0 aliphatic rings. The Morgan fingerprint density at radius 2 is 0.476 bits per heavy atom. The summed E-state index contributed by atoms with van der Waals surface area (Å²) in [5.41, 5.74) is 0. The van der Waals surface area contributed by atoms with Gasteiger partial charge in [-0.3, -0.25) is 14.4 Å². The Balaban J connectivity index is 4.42. The first-order valence-electron chi connectivity index (χ1n) is 33.8. The third-order valence-electron chi connectivity index (χ3n) is 14.1. The van der Waals surface area contributed by atoms with Gasteiger partial charge in [0.25, 0.3) is 0 Å². The smallest absolute Gasteiger partial charge is 0.306 e. The lowest BCUT2D eigenvalue weighted by Crippen LogP contribution is -2.30. The summed E-state index contributed by atoms with van der Waals surface area (Å²) in [5, 5.41) is 0. The van der Waals surface area contributed by atoms with E-state index in [1.807, 2.05) is 0 Å². The van der Waals surface area contributed by atoms with E-state index in [2.05, 4.69) is 167 Å². The molecule has 0 fully saturated rings. The Kier molecular flexibility index (Phi) is 64.8. The molecule has 0 aromatic rings. The summed E-state index contributed by atoms with van der Waals surface area (Å²) in [6, 6.07) is 0. The largest absolute Gasteiger partial charge is 0.462 e. The van der Waals surface area contributed by atoms with E-state index in [0.717, 1.165) is 161 Å². The standard InChI is InChI=1S/C76H124O6/c1-4-7-10-13-16-19-22-25-28-30-32-33-34-35-36-37-38-39-40-41-42-43-44-46-48-51-54-57-60-63-66-69-75(78)81-72-73(71-80-74(77)68-65-62-59-56-53-50-47-27-24-21-18-15-12-9-6-3)82-76(79)70-67-64-61-58-55-52-49-45-31-29-26-23-20-17-14-11-8-5-2/h7,9-10,12,16,18-19,21,25,27-28,32-33,35-36,38-39,41-42,44,46-47,51,54,73H,4-6,8,11,13-15,17,20,22-24,26,29-31,34,37,40,43,45,48-50,52-53,55-72H2,1-3H3/b10-7-,12-9-,19-16-,21-18-,28-25-,33-32-,36-35-,39-38-,42-41-,46-44-,47-27-,54-51-. The van der Waals surface area contributed by atoms with Crippen molar-refractivity contribution in [3.8, 4) is 0 Å². The molecule has 0 aromatic carbocycles. The third-order valence-corrected chi connectivity index (χ3v) is 14.1. The van der Waals surface area contributed by atoms with Gasteiger partial charge >= 0.3 is 17.9 Å². The predicted octanol–water partition coefficient (Wildman–Crippen LogP) is 23.5. The highest BCUT2D eigenvalue weighted by atomic mass is 16.6. The van der Waals surface area contributed by atoms with Crippen LogP contribution in [0.1, 0.15) is 297 Å². The minimum absolute atomic E-state index is 0.1000. The minimum Gasteiger partial charge on any atom is -0.462 e. The molecule has 0 heterocycles. The highest BCUT2D eigenvalue weighted by Crippen LogP contribution is 2.16. The minimum atomic E-state index is -0.805. The summed E-state index contributed by atoms with van der Waals surface area (Å²) in [7, 11) is 0. The number of esters is 3. The van der Waals surface area contributed by atoms with Gasteiger partial charge in [0, 0.05) is 19.3 Å². The van der Waals surface area contributed by atoms with Gasteiger partial charge in [-0.2, -0.15) is 0 Å². The molecule has 0 aliphatic carbocycles. The van der Waals surface area contributed by atoms with Crippen molar-refractivity contribution < 1.29 is 28.6 Å². The fourth-order valence-corrected chi connectivity index (χ4v) is 9.10. The molecule has 6 nitrogen and oxygen atoms in total. The maximum Gasteiger partial charge on any atom is 0.306 e. The van der Waals surface area contributed by atoms with Crippen molar-refractivity contribution >= 4 is 17.9 Å². The van der Waals surface area contributed by atoms with Crippen LogP contribution in [-0.4, -0.2) is 37.2 Å². The molecule has 0 saturated carbocycles. The summed E-state index contributed by atoms with van der Waals surface area (Å²) >= 11 is 0. The van der Waals surface area contributed by atoms with Gasteiger partial charge in [-0.05, 0) is 122 Å². The maximum absolute atomic E-state index is 12.9. The molecule has 0 aromatic heterocycles. The van der Waals surface area contributed by atoms with Gasteiger partial charge in [-0.15, -0.1) is 0 Å². The van der Waals surface area contributed by atoms with Crippen molar-refractivity contribution in [1.29, 1.82) is 0 Å². The molecule has 0 saturated heterocycles. The number of unbranched alkanes of at least 4 members (excludes halogenated alkanes) is 25. The fourth-order valence-electron chi connectivity index (χ4n) is 9.10. The van der Waals surface area contributed by atoms with E-state index in [1.54, 1.807) is 0 Å². The van der Waals surface area contributed by atoms with E-state index in [4.69, 9.17) is 14.2 Å². The zero-order chi connectivity index (χ0) is 59.2. The summed E-state index contributed by atoms with van der Waals surface area (Å²) in [4.78, 5) is 38.4. The molecule has 0 N–H and O–H groups in total. The van der Waals surface area contributed by atoms with Crippen LogP contribution in [0.4, 0.5) is 0 Å². The van der Waals surface area contributed by atoms with Crippen LogP contribution in [0.5, 0.6) is 0 Å². The Bertz CT molecular complexity index is 1780. The molecule has 0 radical (unpaired) electrons. The second-order valence-electron chi connectivity index (χ2n) is 22.0. The molecule has 6 heteroatoms. The molecular weight excluding hydrogens is 1010 g/mol. The van der Waals surface area contributed by atoms with Crippen LogP contribution in [0.3, 0.4) is 0 Å². The third kappa shape index (κ3) is 66.1. The molecule has 464 valence electrons. The molecule has 82 heavy (non-hydrogen) atoms. The van der Waals surface area contributed by atoms with Gasteiger partial charge in [0.05, 0.1) is 0 Å². The molecule has 0 aliphatic heterocycles. The quantitative estimate of drug-likeness (QED) is 0.0261. The van der Waals surface area contributed by atoms with Crippen molar-refractivity contribution in [2.45, 2.75) is 303 Å². The second kappa shape index (κ2) is 68.8. The SMILES string of the molecule is CC/C=C\C/C=C\C/C=C\C/C=C\C/C=C\C/C=C\C/C=C\C/C=C\C/C=C\CCCCCC(=O)OCC(COC(=O)CCCCCCC/C=C\C/C=C\C/C=C\CC)OC(=O)CCCCCCCCCCCCCCCCCCCC. The summed E-state index contributed by atoms with van der Waals surface area (Å²) in [6.45, 7) is 6.39. The highest BCUT2D eigenvalue weighted by molar-refractivity contribution is 5.71. The fraction of sp³-hybridized carbons (Fsp3) is 0.645. The highest BCUT2D eigenvalue weighted by Gasteiger charge is 2.19.